The standard InChI is InChI=1S/C9H13N3O2S/c1-12(2)7-11-8-3-5-9(6-4-8)15(10,13)14/h3-7H,1-2H3,(H2,10,13,14)/p+1. The second-order valence-corrected chi connectivity index (χ2v) is 4.87. The highest BCUT2D eigenvalue weighted by molar-refractivity contribution is 7.89. The van der Waals surface area contributed by atoms with E-state index in [-0.39, 0.29) is 4.90 Å². The van der Waals surface area contributed by atoms with Gasteiger partial charge in [0.15, 0.2) is 0 Å². The zero-order chi connectivity index (χ0) is 11.5. The first kappa shape index (κ1) is 11.7. The van der Waals surface area contributed by atoms with Crippen molar-refractivity contribution in [1.82, 2.24) is 0 Å². The Morgan fingerprint density at radius 3 is 2.20 bits per heavy atom. The van der Waals surface area contributed by atoms with E-state index < -0.39 is 10.0 Å². The van der Waals surface area contributed by atoms with Gasteiger partial charge in [-0.2, -0.15) is 0 Å². The van der Waals surface area contributed by atoms with Gasteiger partial charge < -0.3 is 0 Å². The van der Waals surface area contributed by atoms with Gasteiger partial charge in [-0.1, -0.05) is 0 Å². The second-order valence-electron chi connectivity index (χ2n) is 3.31. The van der Waals surface area contributed by atoms with Gasteiger partial charge in [0.1, 0.15) is 5.69 Å². The molecule has 15 heavy (non-hydrogen) atoms. The third-order valence-electron chi connectivity index (χ3n) is 1.67. The summed E-state index contributed by atoms with van der Waals surface area (Å²) in [6.07, 6.45) is 1.76. The van der Waals surface area contributed by atoms with Crippen LogP contribution in [0.2, 0.25) is 0 Å². The summed E-state index contributed by atoms with van der Waals surface area (Å²) in [7, 11) is 0.162. The number of hydrogen-bond acceptors (Lipinski definition) is 2. The lowest BCUT2D eigenvalue weighted by Crippen LogP contribution is -2.12. The van der Waals surface area contributed by atoms with Crippen molar-refractivity contribution in [2.24, 2.45) is 5.14 Å². The lowest BCUT2D eigenvalue weighted by molar-refractivity contribution is -0.459. The number of primary sulfonamides is 1. The smallest absolute Gasteiger partial charge is 0.238 e. The van der Waals surface area contributed by atoms with Crippen LogP contribution >= 0.6 is 0 Å². The molecule has 0 spiro atoms. The minimum absolute atomic E-state index is 0.109. The zero-order valence-corrected chi connectivity index (χ0v) is 9.45. The van der Waals surface area contributed by atoms with Gasteiger partial charge in [-0.15, -0.1) is 0 Å². The van der Waals surface area contributed by atoms with Gasteiger partial charge in [-0.05, 0) is 24.3 Å². The van der Waals surface area contributed by atoms with Crippen LogP contribution in [0.15, 0.2) is 29.2 Å². The minimum Gasteiger partial charge on any atom is -0.273 e. The van der Waals surface area contributed by atoms with Crippen LogP contribution in [0.1, 0.15) is 0 Å². The predicted octanol–water partition coefficient (Wildman–Crippen LogP) is 0.0463. The number of rotatable bonds is 3. The Balaban J connectivity index is 2.87. The van der Waals surface area contributed by atoms with Crippen molar-refractivity contribution in [3.8, 4) is 0 Å². The van der Waals surface area contributed by atoms with Crippen LogP contribution in [0.3, 0.4) is 0 Å². The van der Waals surface area contributed by atoms with Crippen LogP contribution in [0.4, 0.5) is 5.69 Å². The van der Waals surface area contributed by atoms with E-state index in [2.05, 4.69) is 5.32 Å². The molecule has 82 valence electrons. The van der Waals surface area contributed by atoms with Crippen LogP contribution in [-0.2, 0) is 10.0 Å². The molecule has 0 radical (unpaired) electrons. The molecule has 1 rings (SSSR count). The highest BCUT2D eigenvalue weighted by Gasteiger charge is 2.06. The fourth-order valence-electron chi connectivity index (χ4n) is 0.944. The molecular formula is C9H14N3O2S+. The first-order valence-corrected chi connectivity index (χ1v) is 5.83. The average Bonchev–Trinajstić information content (AvgIpc) is 2.14. The Kier molecular flexibility index (Phi) is 3.43. The molecule has 0 atom stereocenters. The summed E-state index contributed by atoms with van der Waals surface area (Å²) in [5.41, 5.74) is 0.802. The third-order valence-corrected chi connectivity index (χ3v) is 2.60. The van der Waals surface area contributed by atoms with E-state index in [1.54, 1.807) is 18.5 Å². The number of nitrogens with one attached hydrogen (secondary N) is 1. The summed E-state index contributed by atoms with van der Waals surface area (Å²) in [6, 6.07) is 6.22. The average molecular weight is 228 g/mol. The van der Waals surface area contributed by atoms with E-state index in [1.807, 2.05) is 18.7 Å². The predicted molar refractivity (Wildman–Crippen MR) is 59.6 cm³/mol. The van der Waals surface area contributed by atoms with E-state index in [0.717, 1.165) is 5.69 Å². The molecule has 1 aromatic carbocycles. The minimum atomic E-state index is -3.60. The quantitative estimate of drug-likeness (QED) is 0.436. The molecule has 0 saturated heterocycles. The van der Waals surface area contributed by atoms with Gasteiger partial charge in [0.25, 0.3) is 0 Å². The van der Waals surface area contributed by atoms with Gasteiger partial charge in [-0.3, -0.25) is 4.58 Å². The normalized spacial score (nSPS) is 10.9. The Labute approximate surface area is 89.3 Å². The van der Waals surface area contributed by atoms with Gasteiger partial charge in [0.05, 0.1) is 19.0 Å². The maximum Gasteiger partial charge on any atom is 0.238 e. The number of nitrogens with zero attached hydrogens (tertiary/aromatic N) is 1. The second kappa shape index (κ2) is 4.41. The fraction of sp³-hybridized carbons (Fsp3) is 0.222. The molecule has 0 fully saturated rings. The molecule has 0 unspecified atom stereocenters. The number of sulfonamides is 1. The monoisotopic (exact) mass is 228 g/mol. The summed E-state index contributed by atoms with van der Waals surface area (Å²) in [6.45, 7) is 0. The molecule has 0 bridgehead atoms. The molecule has 0 aliphatic carbocycles. The Hall–Kier alpha value is -1.40. The van der Waals surface area contributed by atoms with Crippen molar-refractivity contribution in [1.29, 1.82) is 0 Å². The number of hydrogen-bond donors (Lipinski definition) is 2. The van der Waals surface area contributed by atoms with Crippen molar-refractivity contribution >= 4 is 22.0 Å². The molecule has 6 heteroatoms. The van der Waals surface area contributed by atoms with Gasteiger partial charge >= 0.3 is 0 Å². The van der Waals surface area contributed by atoms with Crippen LogP contribution in [-0.4, -0.2) is 33.4 Å². The van der Waals surface area contributed by atoms with Crippen LogP contribution in [0, 0.1) is 0 Å². The zero-order valence-electron chi connectivity index (χ0n) is 8.64. The Bertz CT molecular complexity index is 459. The van der Waals surface area contributed by atoms with Crippen LogP contribution in [0.25, 0.3) is 0 Å². The SMILES string of the molecule is C[N+](C)=CNc1ccc(S(N)(=O)=O)cc1. The van der Waals surface area contributed by atoms with Crippen molar-refractivity contribution in [2.75, 3.05) is 19.4 Å². The molecule has 0 heterocycles. The van der Waals surface area contributed by atoms with Crippen LogP contribution in [0.5, 0.6) is 0 Å². The maximum absolute atomic E-state index is 11.0. The first-order chi connectivity index (χ1) is 6.89. The highest BCUT2D eigenvalue weighted by Crippen LogP contribution is 2.11. The third kappa shape index (κ3) is 3.69. The van der Waals surface area contributed by atoms with E-state index in [1.165, 1.54) is 12.1 Å². The molecule has 0 aliphatic rings. The van der Waals surface area contributed by atoms with Crippen molar-refractivity contribution in [3.63, 3.8) is 0 Å². The summed E-state index contributed by atoms with van der Waals surface area (Å²) in [4.78, 5) is 0.109. The molecular weight excluding hydrogens is 214 g/mol. The van der Waals surface area contributed by atoms with Crippen molar-refractivity contribution < 1.29 is 13.0 Å². The van der Waals surface area contributed by atoms with Crippen molar-refractivity contribution in [3.05, 3.63) is 24.3 Å². The number of benzene rings is 1. The fourth-order valence-corrected chi connectivity index (χ4v) is 1.46. The lowest BCUT2D eigenvalue weighted by atomic mass is 10.3. The molecule has 0 saturated carbocycles. The molecule has 0 aromatic heterocycles. The van der Waals surface area contributed by atoms with Gasteiger partial charge in [0.2, 0.25) is 16.4 Å². The maximum atomic E-state index is 11.0. The van der Waals surface area contributed by atoms with Crippen molar-refractivity contribution in [2.45, 2.75) is 4.90 Å². The first-order valence-electron chi connectivity index (χ1n) is 4.29. The van der Waals surface area contributed by atoms with Gasteiger partial charge in [-0.25, -0.2) is 18.9 Å². The molecule has 3 N–H and O–H groups in total. The molecule has 1 aromatic rings. The van der Waals surface area contributed by atoms with Gasteiger partial charge in [0, 0.05) is 0 Å². The summed E-state index contributed by atoms with van der Waals surface area (Å²) < 4.78 is 23.7. The summed E-state index contributed by atoms with van der Waals surface area (Å²) in [5, 5.41) is 7.95. The largest absolute Gasteiger partial charge is 0.273 e. The Morgan fingerprint density at radius 2 is 1.80 bits per heavy atom. The molecule has 0 amide bonds. The topological polar surface area (TPSA) is 75.2 Å². The van der Waals surface area contributed by atoms with E-state index >= 15 is 0 Å². The highest BCUT2D eigenvalue weighted by atomic mass is 32.2. The lowest BCUT2D eigenvalue weighted by Gasteiger charge is -1.98. The summed E-state index contributed by atoms with van der Waals surface area (Å²) in [5.74, 6) is 0. The van der Waals surface area contributed by atoms with E-state index in [9.17, 15) is 8.42 Å². The Morgan fingerprint density at radius 1 is 1.27 bits per heavy atom. The molecule has 0 aliphatic heterocycles. The number of nitrogens with two attached hydrogens (primary N) is 1. The number of anilines is 1. The van der Waals surface area contributed by atoms with E-state index in [4.69, 9.17) is 5.14 Å². The summed E-state index contributed by atoms with van der Waals surface area (Å²) >= 11 is 0. The van der Waals surface area contributed by atoms with E-state index in [0.29, 0.717) is 0 Å². The molecule has 5 nitrogen and oxygen atoms in total. The van der Waals surface area contributed by atoms with Crippen LogP contribution < -0.4 is 10.5 Å².